The molecular weight excluding hydrogens is 382 g/mol. The van der Waals surface area contributed by atoms with E-state index in [9.17, 15) is 9.59 Å². The van der Waals surface area contributed by atoms with Gasteiger partial charge in [0.05, 0.1) is 19.9 Å². The summed E-state index contributed by atoms with van der Waals surface area (Å²) in [5, 5.41) is 2.90. The Bertz CT molecular complexity index is 900. The molecule has 2 aromatic rings. The molecule has 1 saturated heterocycles. The van der Waals surface area contributed by atoms with Crippen LogP contribution in [0, 0.1) is 5.92 Å². The minimum absolute atomic E-state index is 0.101. The molecule has 1 fully saturated rings. The number of pyridine rings is 1. The number of methoxy groups -OCH3 is 1. The van der Waals surface area contributed by atoms with Crippen molar-refractivity contribution in [3.8, 4) is 11.5 Å². The fraction of sp³-hybridized carbons (Fsp3) is 0.478. The van der Waals surface area contributed by atoms with Crippen molar-refractivity contribution in [3.63, 3.8) is 0 Å². The molecule has 0 aliphatic carbocycles. The molecule has 3 rings (SSSR count). The van der Waals surface area contributed by atoms with E-state index in [1.54, 1.807) is 12.3 Å². The number of hydrogen-bond acceptors (Lipinski definition) is 5. The van der Waals surface area contributed by atoms with E-state index in [4.69, 9.17) is 9.47 Å². The molecule has 0 bridgehead atoms. The maximum absolute atomic E-state index is 12.7. The van der Waals surface area contributed by atoms with E-state index in [1.807, 2.05) is 35.8 Å². The Morgan fingerprint density at radius 2 is 1.90 bits per heavy atom. The summed E-state index contributed by atoms with van der Waals surface area (Å²) in [7, 11) is 1.47. The molecule has 30 heavy (non-hydrogen) atoms. The van der Waals surface area contributed by atoms with Crippen LogP contribution < -0.4 is 20.2 Å². The lowest BCUT2D eigenvalue weighted by atomic mass is 9.99. The number of nitrogens with one attached hydrogen (secondary N) is 1. The van der Waals surface area contributed by atoms with Gasteiger partial charge in [-0.05, 0) is 63.0 Å². The zero-order chi connectivity index (χ0) is 21.5. The van der Waals surface area contributed by atoms with E-state index < -0.39 is 0 Å². The van der Waals surface area contributed by atoms with Gasteiger partial charge >= 0.3 is 0 Å². The highest BCUT2D eigenvalue weighted by Crippen LogP contribution is 2.19. The summed E-state index contributed by atoms with van der Waals surface area (Å²) in [4.78, 5) is 27.3. The van der Waals surface area contributed by atoms with E-state index in [0.717, 1.165) is 43.3 Å². The average Bonchev–Trinajstić information content (AvgIpc) is 2.73. The Morgan fingerprint density at radius 3 is 2.53 bits per heavy atom. The predicted molar refractivity (Wildman–Crippen MR) is 117 cm³/mol. The second kappa shape index (κ2) is 10.3. The van der Waals surface area contributed by atoms with Gasteiger partial charge in [0.1, 0.15) is 12.3 Å². The third kappa shape index (κ3) is 5.86. The molecule has 0 spiro atoms. The predicted octanol–water partition coefficient (Wildman–Crippen LogP) is 3.13. The third-order valence-electron chi connectivity index (χ3n) is 5.43. The first kappa shape index (κ1) is 21.9. The van der Waals surface area contributed by atoms with Crippen molar-refractivity contribution in [2.45, 2.75) is 39.8 Å². The molecule has 0 radical (unpaired) electrons. The van der Waals surface area contributed by atoms with Crippen molar-refractivity contribution in [2.75, 3.05) is 32.1 Å². The summed E-state index contributed by atoms with van der Waals surface area (Å²) < 4.78 is 12.4. The molecular formula is C23H31N3O4. The van der Waals surface area contributed by atoms with Crippen molar-refractivity contribution < 1.29 is 14.3 Å². The van der Waals surface area contributed by atoms with Crippen LogP contribution in [0.1, 0.15) is 32.4 Å². The molecule has 7 heteroatoms. The molecule has 162 valence electrons. The molecule has 1 aromatic heterocycles. The molecule has 0 atom stereocenters. The van der Waals surface area contributed by atoms with Crippen LogP contribution in [0.3, 0.4) is 0 Å². The number of hydrogen-bond donors (Lipinski definition) is 1. The molecule has 0 saturated carbocycles. The van der Waals surface area contributed by atoms with Crippen molar-refractivity contribution in [3.05, 3.63) is 52.4 Å². The van der Waals surface area contributed by atoms with Gasteiger partial charge < -0.3 is 19.4 Å². The van der Waals surface area contributed by atoms with Crippen LogP contribution in [0.5, 0.6) is 11.5 Å². The average molecular weight is 414 g/mol. The lowest BCUT2D eigenvalue weighted by molar-refractivity contribution is -0.116. The van der Waals surface area contributed by atoms with Crippen LogP contribution in [-0.4, -0.2) is 42.2 Å². The quantitative estimate of drug-likeness (QED) is 0.720. The number of benzene rings is 1. The number of piperidine rings is 1. The maximum Gasteiger partial charge on any atom is 0.244 e. The number of ether oxygens (including phenoxy) is 2. The summed E-state index contributed by atoms with van der Waals surface area (Å²) in [5.74, 6) is 1.57. The zero-order valence-corrected chi connectivity index (χ0v) is 18.0. The van der Waals surface area contributed by atoms with E-state index in [0.29, 0.717) is 18.8 Å². The molecule has 1 amide bonds. The Labute approximate surface area is 177 Å². The second-order valence-corrected chi connectivity index (χ2v) is 7.79. The summed E-state index contributed by atoms with van der Waals surface area (Å²) in [6.45, 7) is 7.53. The van der Waals surface area contributed by atoms with Gasteiger partial charge in [0.15, 0.2) is 5.75 Å². The van der Waals surface area contributed by atoms with Crippen LogP contribution in [-0.2, 0) is 17.9 Å². The topological polar surface area (TPSA) is 72.8 Å². The number of aromatic nitrogens is 1. The Kier molecular flexibility index (Phi) is 7.52. The van der Waals surface area contributed by atoms with Crippen LogP contribution >= 0.6 is 0 Å². The molecule has 7 nitrogen and oxygen atoms in total. The van der Waals surface area contributed by atoms with Gasteiger partial charge in [-0.1, -0.05) is 6.92 Å². The normalized spacial score (nSPS) is 15.0. The number of carbonyl (C=O) groups excluding carboxylic acids is 1. The largest absolute Gasteiger partial charge is 0.494 e. The van der Waals surface area contributed by atoms with E-state index >= 15 is 0 Å². The maximum atomic E-state index is 12.7. The van der Waals surface area contributed by atoms with Gasteiger partial charge in [0, 0.05) is 24.0 Å². The van der Waals surface area contributed by atoms with Crippen LogP contribution in [0.15, 0.2) is 41.3 Å². The molecule has 1 N–H and O–H groups in total. The second-order valence-electron chi connectivity index (χ2n) is 7.79. The van der Waals surface area contributed by atoms with Crippen molar-refractivity contribution in [1.29, 1.82) is 0 Å². The van der Waals surface area contributed by atoms with Gasteiger partial charge in [-0.25, -0.2) is 0 Å². The van der Waals surface area contributed by atoms with Crippen molar-refractivity contribution in [1.82, 2.24) is 9.47 Å². The monoisotopic (exact) mass is 413 g/mol. The van der Waals surface area contributed by atoms with Crippen LogP contribution in [0.25, 0.3) is 0 Å². The van der Waals surface area contributed by atoms with Gasteiger partial charge in [-0.15, -0.1) is 0 Å². The van der Waals surface area contributed by atoms with Crippen LogP contribution in [0.4, 0.5) is 5.69 Å². The van der Waals surface area contributed by atoms with Gasteiger partial charge in [-0.3, -0.25) is 14.5 Å². The number of anilines is 1. The Morgan fingerprint density at radius 1 is 1.20 bits per heavy atom. The summed E-state index contributed by atoms with van der Waals surface area (Å²) in [6, 6.07) is 8.85. The van der Waals surface area contributed by atoms with E-state index in [-0.39, 0.29) is 23.6 Å². The number of rotatable bonds is 8. The number of amides is 1. The molecule has 0 unspecified atom stereocenters. The van der Waals surface area contributed by atoms with Gasteiger partial charge in [-0.2, -0.15) is 0 Å². The molecule has 1 aromatic carbocycles. The van der Waals surface area contributed by atoms with Crippen molar-refractivity contribution in [2.24, 2.45) is 5.92 Å². The highest BCUT2D eigenvalue weighted by Gasteiger charge is 2.18. The van der Waals surface area contributed by atoms with Gasteiger partial charge in [0.25, 0.3) is 0 Å². The zero-order valence-electron chi connectivity index (χ0n) is 18.0. The lowest BCUT2D eigenvalue weighted by Crippen LogP contribution is -2.34. The first-order valence-electron chi connectivity index (χ1n) is 10.5. The first-order chi connectivity index (χ1) is 14.5. The molecule has 1 aliphatic rings. The fourth-order valence-electron chi connectivity index (χ4n) is 3.64. The standard InChI is InChI=1S/C23H31N3O4/c1-4-30-20-7-5-18(6-8-20)24-23(28)16-26-15-22(29-3)21(27)13-19(26)14-25-11-9-17(2)10-12-25/h5-8,13,15,17H,4,9-12,14,16H2,1-3H3,(H,24,28). The van der Waals surface area contributed by atoms with Gasteiger partial charge in [0.2, 0.25) is 11.3 Å². The van der Waals surface area contributed by atoms with Crippen molar-refractivity contribution >= 4 is 11.6 Å². The third-order valence-corrected chi connectivity index (χ3v) is 5.43. The number of carbonyl (C=O) groups is 1. The number of nitrogens with zero attached hydrogens (tertiary/aromatic N) is 2. The molecule has 2 heterocycles. The smallest absolute Gasteiger partial charge is 0.244 e. The summed E-state index contributed by atoms with van der Waals surface area (Å²) in [5.41, 5.74) is 1.35. The first-order valence-corrected chi connectivity index (χ1v) is 10.5. The number of likely N-dealkylation sites (tertiary alicyclic amines) is 1. The summed E-state index contributed by atoms with van der Waals surface area (Å²) >= 11 is 0. The SMILES string of the molecule is CCOc1ccc(NC(=O)Cn2cc(OC)c(=O)cc2CN2CCC(C)CC2)cc1. The highest BCUT2D eigenvalue weighted by atomic mass is 16.5. The highest BCUT2D eigenvalue weighted by molar-refractivity contribution is 5.90. The Hall–Kier alpha value is -2.80. The van der Waals surface area contributed by atoms with E-state index in [2.05, 4.69) is 17.1 Å². The lowest BCUT2D eigenvalue weighted by Gasteiger charge is -2.31. The minimum Gasteiger partial charge on any atom is -0.494 e. The summed E-state index contributed by atoms with van der Waals surface area (Å²) in [6.07, 6.45) is 3.93. The molecule has 1 aliphatic heterocycles. The Balaban J connectivity index is 1.72. The van der Waals surface area contributed by atoms with E-state index in [1.165, 1.54) is 7.11 Å². The van der Waals surface area contributed by atoms with Crippen LogP contribution in [0.2, 0.25) is 0 Å². The fourth-order valence-corrected chi connectivity index (χ4v) is 3.64. The minimum atomic E-state index is -0.168.